The summed E-state index contributed by atoms with van der Waals surface area (Å²) in [5.41, 5.74) is 0.487. The molecule has 0 atom stereocenters. The third-order valence-electron chi connectivity index (χ3n) is 3.97. The molecule has 0 radical (unpaired) electrons. The molecule has 1 aromatic carbocycles. The summed E-state index contributed by atoms with van der Waals surface area (Å²) in [5, 5.41) is 0. The van der Waals surface area contributed by atoms with Crippen molar-refractivity contribution in [1.82, 2.24) is 9.21 Å². The number of nitrogens with zero attached hydrogens (tertiary/aromatic N) is 2. The van der Waals surface area contributed by atoms with Crippen molar-refractivity contribution < 1.29 is 12.8 Å². The van der Waals surface area contributed by atoms with E-state index in [0.717, 1.165) is 10.3 Å². The number of rotatable bonds is 5. The maximum absolute atomic E-state index is 13.2. The molecule has 8 heteroatoms. The van der Waals surface area contributed by atoms with Gasteiger partial charge in [0.2, 0.25) is 10.0 Å². The largest absolute Gasteiger partial charge is 0.296 e. The van der Waals surface area contributed by atoms with E-state index in [1.54, 1.807) is 17.4 Å². The van der Waals surface area contributed by atoms with Gasteiger partial charge in [-0.05, 0) is 45.8 Å². The van der Waals surface area contributed by atoms with Crippen LogP contribution < -0.4 is 0 Å². The molecular weight excluding hydrogens is 415 g/mol. The van der Waals surface area contributed by atoms with Crippen LogP contribution in [0.4, 0.5) is 4.39 Å². The molecule has 1 saturated heterocycles. The molecule has 24 heavy (non-hydrogen) atoms. The zero-order valence-electron chi connectivity index (χ0n) is 13.0. The Bertz CT molecular complexity index is 802. The van der Waals surface area contributed by atoms with Gasteiger partial charge in [-0.1, -0.05) is 12.1 Å². The first kappa shape index (κ1) is 18.0. The summed E-state index contributed by atoms with van der Waals surface area (Å²) >= 11 is 5.15. The van der Waals surface area contributed by atoms with Gasteiger partial charge in [0.15, 0.2) is 0 Å². The van der Waals surface area contributed by atoms with E-state index in [1.165, 1.54) is 27.4 Å². The van der Waals surface area contributed by atoms with Gasteiger partial charge in [0.1, 0.15) is 5.82 Å². The molecule has 2 heterocycles. The maximum Gasteiger partial charge on any atom is 0.218 e. The van der Waals surface area contributed by atoms with Crippen LogP contribution in [0.1, 0.15) is 10.4 Å². The Balaban J connectivity index is 1.57. The highest BCUT2D eigenvalue weighted by Gasteiger charge is 2.27. The van der Waals surface area contributed by atoms with Crippen LogP contribution in [0.3, 0.4) is 0 Å². The van der Waals surface area contributed by atoms with Gasteiger partial charge in [0.05, 0.1) is 9.54 Å². The van der Waals surface area contributed by atoms with Crippen molar-refractivity contribution >= 4 is 37.3 Å². The number of hydrogen-bond donors (Lipinski definition) is 0. The fourth-order valence-electron chi connectivity index (χ4n) is 2.75. The zero-order valence-corrected chi connectivity index (χ0v) is 16.2. The lowest BCUT2D eigenvalue weighted by Crippen LogP contribution is -2.48. The highest BCUT2D eigenvalue weighted by Crippen LogP contribution is 2.24. The van der Waals surface area contributed by atoms with E-state index in [-0.39, 0.29) is 5.75 Å². The molecule has 2 aromatic rings. The third kappa shape index (κ3) is 4.64. The van der Waals surface area contributed by atoms with Crippen LogP contribution in [0.5, 0.6) is 0 Å². The smallest absolute Gasteiger partial charge is 0.218 e. The second-order valence-electron chi connectivity index (χ2n) is 5.77. The SMILES string of the molecule is O=S(=O)(Cc1cccc(F)c1)N1CCN(Cc2ccc(Br)s2)CC1. The van der Waals surface area contributed by atoms with Crippen LogP contribution in [0.2, 0.25) is 0 Å². The number of halogens is 2. The van der Waals surface area contributed by atoms with E-state index in [0.29, 0.717) is 31.7 Å². The van der Waals surface area contributed by atoms with Crippen molar-refractivity contribution in [2.24, 2.45) is 0 Å². The first-order chi connectivity index (χ1) is 11.4. The average Bonchev–Trinajstić information content (AvgIpc) is 2.92. The number of hydrogen-bond acceptors (Lipinski definition) is 4. The van der Waals surface area contributed by atoms with Gasteiger partial charge in [-0.2, -0.15) is 4.31 Å². The second kappa shape index (κ2) is 7.61. The second-order valence-corrected chi connectivity index (χ2v) is 10.3. The lowest BCUT2D eigenvalue weighted by molar-refractivity contribution is 0.183. The van der Waals surface area contributed by atoms with Gasteiger partial charge >= 0.3 is 0 Å². The van der Waals surface area contributed by atoms with Gasteiger partial charge in [-0.25, -0.2) is 12.8 Å². The van der Waals surface area contributed by atoms with Crippen LogP contribution in [0, 0.1) is 5.82 Å². The molecule has 130 valence electrons. The summed E-state index contributed by atoms with van der Waals surface area (Å²) in [6, 6.07) is 9.89. The van der Waals surface area contributed by atoms with Gasteiger partial charge in [0.25, 0.3) is 0 Å². The standard InChI is InChI=1S/C16H18BrFN2O2S2/c17-16-5-4-15(23-16)11-19-6-8-20(9-7-19)24(21,22)12-13-2-1-3-14(18)10-13/h1-5,10H,6-9,11-12H2. The van der Waals surface area contributed by atoms with Crippen molar-refractivity contribution in [3.05, 3.63) is 56.4 Å². The van der Waals surface area contributed by atoms with Crippen molar-refractivity contribution in [2.75, 3.05) is 26.2 Å². The van der Waals surface area contributed by atoms with Crippen LogP contribution in [0.15, 0.2) is 40.2 Å². The van der Waals surface area contributed by atoms with Gasteiger partial charge in [-0.15, -0.1) is 11.3 Å². The molecule has 0 N–H and O–H groups in total. The van der Waals surface area contributed by atoms with Crippen molar-refractivity contribution in [1.29, 1.82) is 0 Å². The Labute approximate surface area is 154 Å². The van der Waals surface area contributed by atoms with Crippen molar-refractivity contribution in [3.63, 3.8) is 0 Å². The molecule has 0 amide bonds. The Kier molecular flexibility index (Phi) is 5.71. The van der Waals surface area contributed by atoms with Gasteiger partial charge in [-0.3, -0.25) is 4.90 Å². The molecule has 1 aliphatic rings. The average molecular weight is 433 g/mol. The molecule has 0 bridgehead atoms. The molecule has 4 nitrogen and oxygen atoms in total. The molecule has 0 spiro atoms. The van der Waals surface area contributed by atoms with E-state index in [2.05, 4.69) is 26.9 Å². The summed E-state index contributed by atoms with van der Waals surface area (Å²) in [4.78, 5) is 3.52. The zero-order chi connectivity index (χ0) is 17.2. The van der Waals surface area contributed by atoms with Crippen LogP contribution in [-0.2, 0) is 22.3 Å². The summed E-state index contributed by atoms with van der Waals surface area (Å²) in [7, 11) is -3.41. The Morgan fingerprint density at radius 2 is 1.88 bits per heavy atom. The van der Waals surface area contributed by atoms with Crippen LogP contribution in [0.25, 0.3) is 0 Å². The minimum Gasteiger partial charge on any atom is -0.296 e. The van der Waals surface area contributed by atoms with Crippen molar-refractivity contribution in [3.8, 4) is 0 Å². The van der Waals surface area contributed by atoms with Crippen LogP contribution >= 0.6 is 27.3 Å². The number of thiophene rings is 1. The number of piperazine rings is 1. The molecular formula is C16H18BrFN2O2S2. The highest BCUT2D eigenvalue weighted by atomic mass is 79.9. The fraction of sp³-hybridized carbons (Fsp3) is 0.375. The number of benzene rings is 1. The summed E-state index contributed by atoms with van der Waals surface area (Å²) in [6.07, 6.45) is 0. The highest BCUT2D eigenvalue weighted by molar-refractivity contribution is 9.11. The normalized spacial score (nSPS) is 17.2. The lowest BCUT2D eigenvalue weighted by atomic mass is 10.2. The van der Waals surface area contributed by atoms with E-state index in [9.17, 15) is 12.8 Å². The Morgan fingerprint density at radius 1 is 1.12 bits per heavy atom. The Morgan fingerprint density at radius 3 is 2.50 bits per heavy atom. The predicted molar refractivity (Wildman–Crippen MR) is 97.9 cm³/mol. The molecule has 1 aromatic heterocycles. The number of sulfonamides is 1. The molecule has 0 unspecified atom stereocenters. The fourth-order valence-corrected chi connectivity index (χ4v) is 5.78. The first-order valence-corrected chi connectivity index (χ1v) is 10.8. The van der Waals surface area contributed by atoms with Gasteiger partial charge < -0.3 is 0 Å². The first-order valence-electron chi connectivity index (χ1n) is 7.61. The van der Waals surface area contributed by atoms with Crippen molar-refractivity contribution in [2.45, 2.75) is 12.3 Å². The van der Waals surface area contributed by atoms with E-state index in [4.69, 9.17) is 0 Å². The minimum atomic E-state index is -3.41. The van der Waals surface area contributed by atoms with E-state index in [1.807, 2.05) is 6.07 Å². The van der Waals surface area contributed by atoms with Gasteiger partial charge in [0, 0.05) is 37.6 Å². The monoisotopic (exact) mass is 432 g/mol. The predicted octanol–water partition coefficient (Wildman–Crippen LogP) is 3.30. The Hall–Kier alpha value is -0.800. The quantitative estimate of drug-likeness (QED) is 0.727. The maximum atomic E-state index is 13.2. The van der Waals surface area contributed by atoms with E-state index >= 15 is 0 Å². The molecule has 3 rings (SSSR count). The molecule has 1 aliphatic heterocycles. The minimum absolute atomic E-state index is 0.150. The topological polar surface area (TPSA) is 40.6 Å². The molecule has 0 saturated carbocycles. The molecule has 1 fully saturated rings. The molecule has 0 aliphatic carbocycles. The summed E-state index contributed by atoms with van der Waals surface area (Å²) in [5.74, 6) is -0.558. The summed E-state index contributed by atoms with van der Waals surface area (Å²) < 4.78 is 40.9. The lowest BCUT2D eigenvalue weighted by Gasteiger charge is -2.33. The third-order valence-corrected chi connectivity index (χ3v) is 7.43. The van der Waals surface area contributed by atoms with E-state index < -0.39 is 15.8 Å². The summed E-state index contributed by atoms with van der Waals surface area (Å²) in [6.45, 7) is 3.21. The van der Waals surface area contributed by atoms with Crippen LogP contribution in [-0.4, -0.2) is 43.8 Å².